The van der Waals surface area contributed by atoms with Gasteiger partial charge in [0, 0.05) is 43.3 Å². The van der Waals surface area contributed by atoms with Crippen molar-refractivity contribution in [2.75, 3.05) is 39.9 Å². The summed E-state index contributed by atoms with van der Waals surface area (Å²) in [4.78, 5) is 19.3. The lowest BCUT2D eigenvalue weighted by molar-refractivity contribution is 0.0948. The molecule has 1 aliphatic rings. The van der Waals surface area contributed by atoms with Gasteiger partial charge in [-0.2, -0.15) is 0 Å². The molecule has 0 aliphatic carbocycles. The maximum Gasteiger partial charge on any atom is 0.253 e. The van der Waals surface area contributed by atoms with E-state index in [0.29, 0.717) is 28.6 Å². The van der Waals surface area contributed by atoms with Gasteiger partial charge in [-0.15, -0.1) is 0 Å². The molecular formula is C18H22ClN3O2. The van der Waals surface area contributed by atoms with Crippen LogP contribution in [0.15, 0.2) is 30.5 Å². The van der Waals surface area contributed by atoms with Crippen LogP contribution in [0.1, 0.15) is 16.8 Å². The van der Waals surface area contributed by atoms with Crippen LogP contribution in [0, 0.1) is 5.92 Å². The second-order valence-corrected chi connectivity index (χ2v) is 6.62. The van der Waals surface area contributed by atoms with E-state index in [-0.39, 0.29) is 5.91 Å². The number of carbonyl (C=O) groups is 1. The highest BCUT2D eigenvalue weighted by atomic mass is 35.5. The third kappa shape index (κ3) is 4.04. The van der Waals surface area contributed by atoms with Crippen LogP contribution in [0.4, 0.5) is 0 Å². The van der Waals surface area contributed by atoms with Gasteiger partial charge in [-0.05, 0) is 37.1 Å². The summed E-state index contributed by atoms with van der Waals surface area (Å²) in [5.41, 5.74) is 1.22. The summed E-state index contributed by atoms with van der Waals surface area (Å²) in [6.45, 7) is 4.43. The van der Waals surface area contributed by atoms with Gasteiger partial charge < -0.3 is 15.0 Å². The van der Waals surface area contributed by atoms with Gasteiger partial charge in [0.1, 0.15) is 0 Å². The Hall–Kier alpha value is -1.69. The largest absolute Gasteiger partial charge is 0.383 e. The predicted octanol–water partition coefficient (Wildman–Crippen LogP) is 2.59. The van der Waals surface area contributed by atoms with E-state index >= 15 is 0 Å². The highest BCUT2D eigenvalue weighted by molar-refractivity contribution is 6.32. The van der Waals surface area contributed by atoms with Gasteiger partial charge in [0.2, 0.25) is 0 Å². The summed E-state index contributed by atoms with van der Waals surface area (Å²) in [6.07, 6.45) is 2.79. The first-order valence-corrected chi connectivity index (χ1v) is 8.59. The number of benzene rings is 1. The number of likely N-dealkylation sites (tertiary alicyclic amines) is 1. The summed E-state index contributed by atoms with van der Waals surface area (Å²) >= 11 is 6.14. The molecule has 0 radical (unpaired) electrons. The Morgan fingerprint density at radius 1 is 1.50 bits per heavy atom. The second-order valence-electron chi connectivity index (χ2n) is 6.19. The first-order valence-electron chi connectivity index (χ1n) is 8.21. The number of carbonyl (C=O) groups excluding carboxylic acids is 1. The average Bonchev–Trinajstić information content (AvgIpc) is 3.05. The van der Waals surface area contributed by atoms with Crippen LogP contribution in [-0.4, -0.2) is 55.7 Å². The normalized spacial score (nSPS) is 18.2. The fraction of sp³-hybridized carbons (Fsp3) is 0.444. The number of halogens is 1. The van der Waals surface area contributed by atoms with E-state index in [9.17, 15) is 4.79 Å². The van der Waals surface area contributed by atoms with E-state index in [1.54, 1.807) is 19.4 Å². The number of fused-ring (bicyclic) bond motifs is 1. The summed E-state index contributed by atoms with van der Waals surface area (Å²) in [5, 5.41) is 4.47. The van der Waals surface area contributed by atoms with Crippen LogP contribution in [0.3, 0.4) is 0 Å². The van der Waals surface area contributed by atoms with Crippen molar-refractivity contribution >= 4 is 28.4 Å². The smallest absolute Gasteiger partial charge is 0.253 e. The molecule has 2 aromatic rings. The zero-order valence-electron chi connectivity index (χ0n) is 13.8. The molecular weight excluding hydrogens is 326 g/mol. The Morgan fingerprint density at radius 2 is 2.38 bits per heavy atom. The van der Waals surface area contributed by atoms with Crippen molar-refractivity contribution < 1.29 is 9.53 Å². The van der Waals surface area contributed by atoms with Crippen LogP contribution in [0.5, 0.6) is 0 Å². The maximum atomic E-state index is 12.6. The van der Waals surface area contributed by atoms with Crippen LogP contribution >= 0.6 is 11.6 Å². The number of aromatic nitrogens is 1. The molecule has 128 valence electrons. The van der Waals surface area contributed by atoms with Crippen molar-refractivity contribution in [1.29, 1.82) is 0 Å². The number of hydrogen-bond acceptors (Lipinski definition) is 4. The zero-order valence-corrected chi connectivity index (χ0v) is 14.6. The van der Waals surface area contributed by atoms with E-state index in [1.165, 1.54) is 0 Å². The lowest BCUT2D eigenvalue weighted by atomic mass is 10.1. The molecule has 0 bridgehead atoms. The van der Waals surface area contributed by atoms with E-state index in [2.05, 4.69) is 15.2 Å². The van der Waals surface area contributed by atoms with Gasteiger partial charge in [0.15, 0.2) is 0 Å². The summed E-state index contributed by atoms with van der Waals surface area (Å²) in [5.74, 6) is 0.362. The molecule has 1 aromatic carbocycles. The Morgan fingerprint density at radius 3 is 3.21 bits per heavy atom. The third-order valence-corrected chi connectivity index (χ3v) is 4.67. The van der Waals surface area contributed by atoms with E-state index in [4.69, 9.17) is 16.3 Å². The lowest BCUT2D eigenvalue weighted by Crippen LogP contribution is -2.32. The molecule has 1 N–H and O–H groups in total. The van der Waals surface area contributed by atoms with E-state index in [1.807, 2.05) is 18.2 Å². The summed E-state index contributed by atoms with van der Waals surface area (Å²) in [7, 11) is 1.72. The molecule has 1 atom stereocenters. The molecule has 1 aromatic heterocycles. The number of hydrogen-bond donors (Lipinski definition) is 1. The van der Waals surface area contributed by atoms with Crippen molar-refractivity contribution in [3.63, 3.8) is 0 Å². The molecule has 2 heterocycles. The van der Waals surface area contributed by atoms with Gasteiger partial charge in [0.05, 0.1) is 17.7 Å². The van der Waals surface area contributed by atoms with Crippen molar-refractivity contribution in [1.82, 2.24) is 15.2 Å². The predicted molar refractivity (Wildman–Crippen MR) is 95.5 cm³/mol. The molecule has 6 heteroatoms. The van der Waals surface area contributed by atoms with E-state index in [0.717, 1.165) is 38.0 Å². The molecule has 0 unspecified atom stereocenters. The molecule has 1 aliphatic heterocycles. The number of methoxy groups -OCH3 is 1. The molecule has 24 heavy (non-hydrogen) atoms. The maximum absolute atomic E-state index is 12.6. The highest BCUT2D eigenvalue weighted by Crippen LogP contribution is 2.22. The summed E-state index contributed by atoms with van der Waals surface area (Å²) in [6, 6.07) is 7.26. The Balaban J connectivity index is 1.62. The molecule has 5 nitrogen and oxygen atoms in total. The van der Waals surface area contributed by atoms with Crippen LogP contribution in [0.2, 0.25) is 5.02 Å². The number of amides is 1. The van der Waals surface area contributed by atoms with Crippen molar-refractivity contribution in [3.05, 3.63) is 41.0 Å². The van der Waals surface area contributed by atoms with E-state index < -0.39 is 0 Å². The lowest BCUT2D eigenvalue weighted by Gasteiger charge is -2.16. The standard InChI is InChI=1S/C18H22ClN3O2/c1-24-8-7-22-6-4-13(12-22)11-21-18(23)16-10-15(19)9-14-3-2-5-20-17(14)16/h2-3,5,9-10,13H,4,6-8,11-12H2,1H3,(H,21,23)/t13-/m1/s1. The zero-order chi connectivity index (χ0) is 16.9. The molecule has 1 saturated heterocycles. The fourth-order valence-electron chi connectivity index (χ4n) is 3.16. The first kappa shape index (κ1) is 17.1. The fourth-order valence-corrected chi connectivity index (χ4v) is 3.39. The van der Waals surface area contributed by atoms with Gasteiger partial charge in [-0.25, -0.2) is 0 Å². The Kier molecular flexibility index (Phi) is 5.66. The van der Waals surface area contributed by atoms with Gasteiger partial charge in [0.25, 0.3) is 5.91 Å². The number of nitrogens with zero attached hydrogens (tertiary/aromatic N) is 2. The number of rotatable bonds is 6. The highest BCUT2D eigenvalue weighted by Gasteiger charge is 2.23. The van der Waals surface area contributed by atoms with Gasteiger partial charge in [-0.1, -0.05) is 17.7 Å². The third-order valence-electron chi connectivity index (χ3n) is 4.45. The average molecular weight is 348 g/mol. The monoisotopic (exact) mass is 347 g/mol. The molecule has 0 spiro atoms. The Bertz CT molecular complexity index is 722. The summed E-state index contributed by atoms with van der Waals surface area (Å²) < 4.78 is 5.12. The first-order chi connectivity index (χ1) is 11.7. The molecule has 0 saturated carbocycles. The molecule has 3 rings (SSSR count). The van der Waals surface area contributed by atoms with Crippen LogP contribution in [0.25, 0.3) is 10.9 Å². The van der Waals surface area contributed by atoms with Crippen LogP contribution < -0.4 is 5.32 Å². The minimum atomic E-state index is -0.114. The topological polar surface area (TPSA) is 54.5 Å². The van der Waals surface area contributed by atoms with Gasteiger partial charge in [-0.3, -0.25) is 9.78 Å². The number of nitrogens with one attached hydrogen (secondary N) is 1. The van der Waals surface area contributed by atoms with Crippen LogP contribution in [-0.2, 0) is 4.74 Å². The Labute approximate surface area is 146 Å². The SMILES string of the molecule is COCCN1CC[C@H](CNC(=O)c2cc(Cl)cc3cccnc23)C1. The number of ether oxygens (including phenoxy) is 1. The van der Waals surface area contributed by atoms with Gasteiger partial charge >= 0.3 is 0 Å². The minimum absolute atomic E-state index is 0.114. The molecule has 1 fully saturated rings. The minimum Gasteiger partial charge on any atom is -0.383 e. The van der Waals surface area contributed by atoms with Crippen molar-refractivity contribution in [3.8, 4) is 0 Å². The van der Waals surface area contributed by atoms with Crippen molar-refractivity contribution in [2.45, 2.75) is 6.42 Å². The molecule has 1 amide bonds. The second kappa shape index (κ2) is 7.92. The number of pyridine rings is 1. The van der Waals surface area contributed by atoms with Crippen molar-refractivity contribution in [2.24, 2.45) is 5.92 Å². The quantitative estimate of drug-likeness (QED) is 0.872.